The summed E-state index contributed by atoms with van der Waals surface area (Å²) in [6.07, 6.45) is 0.827. The van der Waals surface area contributed by atoms with Crippen LogP contribution in [0, 0.1) is 6.92 Å². The first kappa shape index (κ1) is 21.4. The molecule has 0 saturated heterocycles. The van der Waals surface area contributed by atoms with Crippen molar-refractivity contribution in [3.63, 3.8) is 0 Å². The van der Waals surface area contributed by atoms with Gasteiger partial charge < -0.3 is 14.6 Å². The molecule has 2 aromatic carbocycles. The molecule has 0 spiro atoms. The molecule has 0 bridgehead atoms. The molecule has 3 rings (SSSR count). The summed E-state index contributed by atoms with van der Waals surface area (Å²) in [5.41, 5.74) is 1.63. The van der Waals surface area contributed by atoms with Crippen molar-refractivity contribution in [3.05, 3.63) is 59.1 Å². The van der Waals surface area contributed by atoms with Crippen LogP contribution in [0.15, 0.2) is 62.9 Å². The van der Waals surface area contributed by atoms with Gasteiger partial charge in [-0.15, -0.1) is 0 Å². The molecule has 1 aromatic heterocycles. The van der Waals surface area contributed by atoms with Crippen LogP contribution in [0.25, 0.3) is 11.5 Å². The quantitative estimate of drug-likeness (QED) is 0.527. The second-order valence-corrected chi connectivity index (χ2v) is 9.36. The molecule has 8 heteroatoms. The first-order chi connectivity index (χ1) is 13.8. The van der Waals surface area contributed by atoms with Crippen LogP contribution in [0.3, 0.4) is 0 Å². The van der Waals surface area contributed by atoms with Crippen LogP contribution >= 0.6 is 11.6 Å². The zero-order chi connectivity index (χ0) is 21.0. The zero-order valence-electron chi connectivity index (χ0n) is 16.6. The fourth-order valence-electron chi connectivity index (χ4n) is 2.74. The Bertz CT molecular complexity index is 1060. The predicted octanol–water partition coefficient (Wildman–Crippen LogP) is 4.50. The molecule has 1 N–H and O–H groups in total. The second kappa shape index (κ2) is 8.98. The molecule has 0 atom stereocenters. The second-order valence-electron chi connectivity index (χ2n) is 7.06. The van der Waals surface area contributed by atoms with Gasteiger partial charge in [-0.2, -0.15) is 4.98 Å². The van der Waals surface area contributed by atoms with Crippen molar-refractivity contribution in [2.24, 2.45) is 0 Å². The van der Waals surface area contributed by atoms with Crippen LogP contribution in [0.1, 0.15) is 12.0 Å². The van der Waals surface area contributed by atoms with E-state index in [1.165, 1.54) is 0 Å². The molecule has 0 fully saturated rings. The fraction of sp³-hybridized carbons (Fsp3) is 0.286. The lowest BCUT2D eigenvalue weighted by Crippen LogP contribution is -2.17. The predicted molar refractivity (Wildman–Crippen MR) is 115 cm³/mol. The van der Waals surface area contributed by atoms with E-state index in [0.29, 0.717) is 17.1 Å². The summed E-state index contributed by atoms with van der Waals surface area (Å²) in [5.74, 6) is 0.372. The van der Waals surface area contributed by atoms with Gasteiger partial charge in [-0.1, -0.05) is 29.3 Å². The largest absolute Gasteiger partial charge is 0.419 e. The number of nitrogens with one attached hydrogen (secondary N) is 1. The summed E-state index contributed by atoms with van der Waals surface area (Å²) in [6, 6.07) is 13.6. The molecule has 0 aliphatic heterocycles. The molecule has 6 nitrogen and oxygen atoms in total. The van der Waals surface area contributed by atoms with E-state index in [9.17, 15) is 8.42 Å². The Balaban J connectivity index is 1.98. The van der Waals surface area contributed by atoms with Gasteiger partial charge >= 0.3 is 0 Å². The fourth-order valence-corrected chi connectivity index (χ4v) is 4.15. The maximum absolute atomic E-state index is 13.2. The number of halogens is 1. The highest BCUT2D eigenvalue weighted by Crippen LogP contribution is 2.32. The minimum atomic E-state index is -3.84. The van der Waals surface area contributed by atoms with Gasteiger partial charge in [-0.3, -0.25) is 0 Å². The third kappa shape index (κ3) is 5.18. The monoisotopic (exact) mass is 433 g/mol. The maximum Gasteiger partial charge on any atom is 0.233 e. The van der Waals surface area contributed by atoms with E-state index in [-0.39, 0.29) is 21.7 Å². The van der Waals surface area contributed by atoms with E-state index in [2.05, 4.69) is 15.2 Å². The highest BCUT2D eigenvalue weighted by Gasteiger charge is 2.28. The first-order valence-electron chi connectivity index (χ1n) is 9.24. The van der Waals surface area contributed by atoms with Crippen molar-refractivity contribution >= 4 is 27.3 Å². The zero-order valence-corrected chi connectivity index (χ0v) is 18.2. The molecule has 1 heterocycles. The Labute approximate surface area is 176 Å². The normalized spacial score (nSPS) is 11.8. The van der Waals surface area contributed by atoms with Crippen molar-refractivity contribution in [1.29, 1.82) is 0 Å². The van der Waals surface area contributed by atoms with E-state index >= 15 is 0 Å². The van der Waals surface area contributed by atoms with E-state index in [0.717, 1.165) is 18.5 Å². The molecule has 154 valence electrons. The highest BCUT2D eigenvalue weighted by atomic mass is 35.5. The third-order valence-electron chi connectivity index (χ3n) is 4.34. The Hall–Kier alpha value is -2.35. The summed E-state index contributed by atoms with van der Waals surface area (Å²) >= 11 is 5.95. The number of anilines is 1. The molecule has 0 amide bonds. The summed E-state index contributed by atoms with van der Waals surface area (Å²) < 4.78 is 32.2. The van der Waals surface area contributed by atoms with Crippen LogP contribution in [0.4, 0.5) is 5.88 Å². The van der Waals surface area contributed by atoms with Gasteiger partial charge in [0, 0.05) is 17.1 Å². The minimum Gasteiger partial charge on any atom is -0.419 e. The van der Waals surface area contributed by atoms with E-state index < -0.39 is 9.84 Å². The van der Waals surface area contributed by atoms with Crippen molar-refractivity contribution in [2.75, 3.05) is 32.5 Å². The van der Waals surface area contributed by atoms with Crippen molar-refractivity contribution in [2.45, 2.75) is 23.3 Å². The van der Waals surface area contributed by atoms with E-state index in [1.54, 1.807) is 48.5 Å². The molecule has 0 unspecified atom stereocenters. The van der Waals surface area contributed by atoms with E-state index in [4.69, 9.17) is 16.0 Å². The van der Waals surface area contributed by atoms with Crippen LogP contribution in [-0.2, 0) is 9.84 Å². The van der Waals surface area contributed by atoms with Gasteiger partial charge in [0.1, 0.15) is 0 Å². The SMILES string of the molecule is Cc1ccc(S(=O)(=O)c2nc(-c3ccc(Cl)cc3)oc2NCCCN(C)C)cc1. The molecule has 0 aliphatic rings. The first-order valence-corrected chi connectivity index (χ1v) is 11.1. The molecular weight excluding hydrogens is 410 g/mol. The maximum atomic E-state index is 13.2. The average molecular weight is 434 g/mol. The summed E-state index contributed by atoms with van der Waals surface area (Å²) in [7, 11) is 0.134. The molecule has 0 saturated carbocycles. The standard InChI is InChI=1S/C21H24ClN3O3S/c1-15-5-11-18(12-6-15)29(26,27)21-20(23-13-4-14-25(2)3)28-19(24-21)16-7-9-17(22)10-8-16/h5-12,23H,4,13-14H2,1-3H3. The number of hydrogen-bond donors (Lipinski definition) is 1. The minimum absolute atomic E-state index is 0.115. The number of rotatable bonds is 8. The lowest BCUT2D eigenvalue weighted by molar-refractivity contribution is 0.404. The molecule has 29 heavy (non-hydrogen) atoms. The third-order valence-corrected chi connectivity index (χ3v) is 6.27. The Morgan fingerprint density at radius 1 is 1.07 bits per heavy atom. The van der Waals surface area contributed by atoms with Crippen LogP contribution < -0.4 is 5.32 Å². The summed E-state index contributed by atoms with van der Waals surface area (Å²) in [5, 5.41) is 3.56. The highest BCUT2D eigenvalue weighted by molar-refractivity contribution is 7.91. The number of aromatic nitrogens is 1. The van der Waals surface area contributed by atoms with Gasteiger partial charge in [0.05, 0.1) is 4.90 Å². The van der Waals surface area contributed by atoms with Crippen LogP contribution in [0.2, 0.25) is 5.02 Å². The van der Waals surface area contributed by atoms with Gasteiger partial charge in [0.2, 0.25) is 26.6 Å². The smallest absolute Gasteiger partial charge is 0.233 e. The number of hydrogen-bond acceptors (Lipinski definition) is 6. The lowest BCUT2D eigenvalue weighted by Gasteiger charge is -2.10. The number of sulfone groups is 1. The van der Waals surface area contributed by atoms with Crippen molar-refractivity contribution in [3.8, 4) is 11.5 Å². The number of aryl methyl sites for hydroxylation is 1. The Kier molecular flexibility index (Phi) is 6.62. The Morgan fingerprint density at radius 3 is 2.34 bits per heavy atom. The molecule has 3 aromatic rings. The number of oxazole rings is 1. The van der Waals surface area contributed by atoms with Gasteiger partial charge in [0.15, 0.2) is 0 Å². The van der Waals surface area contributed by atoms with Gasteiger partial charge in [-0.25, -0.2) is 8.42 Å². The number of benzene rings is 2. The van der Waals surface area contributed by atoms with Gasteiger partial charge in [0.25, 0.3) is 0 Å². The van der Waals surface area contributed by atoms with Crippen molar-refractivity contribution in [1.82, 2.24) is 9.88 Å². The Morgan fingerprint density at radius 2 is 1.72 bits per heavy atom. The topological polar surface area (TPSA) is 75.4 Å². The van der Waals surface area contributed by atoms with Gasteiger partial charge in [-0.05, 0) is 70.4 Å². The number of nitrogens with zero attached hydrogens (tertiary/aromatic N) is 2. The summed E-state index contributed by atoms with van der Waals surface area (Å²) in [6.45, 7) is 3.33. The molecule has 0 radical (unpaired) electrons. The summed E-state index contributed by atoms with van der Waals surface area (Å²) in [4.78, 5) is 6.56. The molecule has 0 aliphatic carbocycles. The lowest BCUT2D eigenvalue weighted by atomic mass is 10.2. The van der Waals surface area contributed by atoms with E-state index in [1.807, 2.05) is 21.0 Å². The average Bonchev–Trinajstić information content (AvgIpc) is 3.11. The molecular formula is C21H24ClN3O3S. The van der Waals surface area contributed by atoms with Crippen LogP contribution in [0.5, 0.6) is 0 Å². The van der Waals surface area contributed by atoms with Crippen molar-refractivity contribution < 1.29 is 12.8 Å². The van der Waals surface area contributed by atoms with Crippen LogP contribution in [-0.4, -0.2) is 45.5 Å².